The van der Waals surface area contributed by atoms with Gasteiger partial charge in [0.15, 0.2) is 0 Å². The van der Waals surface area contributed by atoms with E-state index in [1.54, 1.807) is 23.1 Å². The minimum Gasteiger partial charge on any atom is -0.308 e. The molecule has 0 unspecified atom stereocenters. The van der Waals surface area contributed by atoms with E-state index in [1.165, 1.54) is 14.5 Å². The number of hydrogen-bond donors (Lipinski definition) is 0. The highest BCUT2D eigenvalue weighted by molar-refractivity contribution is 7.99. The van der Waals surface area contributed by atoms with Crippen molar-refractivity contribution in [1.82, 2.24) is 0 Å². The SMILES string of the molecule is Cc1cc(C#N)c(-c2cc(N3c4ccccc4Sc4ccccc43)c(-c3ccccc3)c3sc4c(-c5ccccc5)cccc4c23)c(C#N)c1. The summed E-state index contributed by atoms with van der Waals surface area (Å²) in [5.74, 6) is 0. The molecular formula is C45H27N3S2. The van der Waals surface area contributed by atoms with E-state index in [9.17, 15) is 10.5 Å². The largest absolute Gasteiger partial charge is 0.308 e. The molecule has 7 aromatic carbocycles. The minimum absolute atomic E-state index is 0.495. The number of rotatable bonds is 4. The van der Waals surface area contributed by atoms with Gasteiger partial charge in [0.1, 0.15) is 0 Å². The molecular weight excluding hydrogens is 647 g/mol. The standard InChI is InChI=1S/C45H27N3S2/c1-28-23-31(26-46)41(32(24-28)27-47)35-25-38(48-36-19-8-10-21-39(36)49-40-22-11-9-20-37(40)48)42(30-15-6-3-7-16-30)45-43(35)34-18-12-17-33(44(34)50-45)29-13-4-2-5-14-29/h2-25H,1H3. The number of benzene rings is 7. The molecule has 8 aromatic rings. The fourth-order valence-corrected chi connectivity index (χ4v) is 9.76. The average molecular weight is 674 g/mol. The van der Waals surface area contributed by atoms with Crippen molar-refractivity contribution >= 4 is 60.3 Å². The Morgan fingerprint density at radius 2 is 1.10 bits per heavy atom. The molecule has 50 heavy (non-hydrogen) atoms. The van der Waals surface area contributed by atoms with E-state index in [-0.39, 0.29) is 0 Å². The van der Waals surface area contributed by atoms with Crippen molar-refractivity contribution in [3.8, 4) is 45.5 Å². The molecule has 1 aliphatic rings. The van der Waals surface area contributed by atoms with Gasteiger partial charge in [0.05, 0.1) is 40.3 Å². The zero-order valence-corrected chi connectivity index (χ0v) is 28.6. The van der Waals surface area contributed by atoms with E-state index in [1.807, 2.05) is 25.1 Å². The van der Waals surface area contributed by atoms with Gasteiger partial charge < -0.3 is 4.90 Å². The number of hydrogen-bond acceptors (Lipinski definition) is 5. The highest BCUT2D eigenvalue weighted by atomic mass is 32.2. The van der Waals surface area contributed by atoms with Crippen molar-refractivity contribution in [2.75, 3.05) is 4.90 Å². The van der Waals surface area contributed by atoms with E-state index in [2.05, 4.69) is 144 Å². The monoisotopic (exact) mass is 673 g/mol. The zero-order chi connectivity index (χ0) is 33.8. The zero-order valence-electron chi connectivity index (χ0n) is 27.0. The lowest BCUT2D eigenvalue weighted by molar-refractivity contribution is 1.17. The first-order chi connectivity index (χ1) is 24.6. The van der Waals surface area contributed by atoms with Gasteiger partial charge in [-0.3, -0.25) is 0 Å². The number of thiophene rings is 1. The Morgan fingerprint density at radius 3 is 1.72 bits per heavy atom. The number of nitrogens with zero attached hydrogens (tertiary/aromatic N) is 3. The van der Waals surface area contributed by atoms with Crippen LogP contribution in [0.1, 0.15) is 16.7 Å². The molecule has 0 aliphatic carbocycles. The van der Waals surface area contributed by atoms with Crippen molar-refractivity contribution in [3.05, 3.63) is 162 Å². The fourth-order valence-electron chi connectivity index (χ4n) is 7.28. The molecule has 0 bridgehead atoms. The molecule has 1 aromatic heterocycles. The lowest BCUT2D eigenvalue weighted by atomic mass is 9.87. The summed E-state index contributed by atoms with van der Waals surface area (Å²) in [7, 11) is 0. The maximum absolute atomic E-state index is 10.6. The Kier molecular flexibility index (Phi) is 7.25. The molecule has 234 valence electrons. The van der Waals surface area contributed by atoms with Gasteiger partial charge in [-0.1, -0.05) is 115 Å². The van der Waals surface area contributed by atoms with Crippen LogP contribution in [-0.2, 0) is 0 Å². The van der Waals surface area contributed by atoms with E-state index < -0.39 is 0 Å². The maximum atomic E-state index is 10.6. The molecule has 9 rings (SSSR count). The third kappa shape index (κ3) is 4.71. The molecule has 3 nitrogen and oxygen atoms in total. The first-order valence-electron chi connectivity index (χ1n) is 16.4. The van der Waals surface area contributed by atoms with Gasteiger partial charge in [0.2, 0.25) is 0 Å². The number of para-hydroxylation sites is 2. The molecule has 0 spiro atoms. The number of nitriles is 2. The second-order valence-corrected chi connectivity index (χ2v) is 14.5. The lowest BCUT2D eigenvalue weighted by Crippen LogP contribution is -2.16. The molecule has 2 heterocycles. The smallest absolute Gasteiger partial charge is 0.0998 e. The van der Waals surface area contributed by atoms with E-state index in [0.29, 0.717) is 16.7 Å². The van der Waals surface area contributed by atoms with Crippen molar-refractivity contribution in [2.45, 2.75) is 16.7 Å². The first-order valence-corrected chi connectivity index (χ1v) is 18.0. The highest BCUT2D eigenvalue weighted by Crippen LogP contribution is 2.57. The summed E-state index contributed by atoms with van der Waals surface area (Å²) in [5.41, 5.74) is 11.1. The summed E-state index contributed by atoms with van der Waals surface area (Å²) in [6.07, 6.45) is 0. The molecule has 0 amide bonds. The Labute approximate surface area is 298 Å². The van der Waals surface area contributed by atoms with Crippen LogP contribution in [0.2, 0.25) is 0 Å². The molecule has 0 saturated heterocycles. The van der Waals surface area contributed by atoms with Gasteiger partial charge in [0.25, 0.3) is 0 Å². The predicted octanol–water partition coefficient (Wildman–Crippen LogP) is 13.0. The molecule has 0 radical (unpaired) electrons. The average Bonchev–Trinajstić information content (AvgIpc) is 3.56. The third-order valence-electron chi connectivity index (χ3n) is 9.36. The van der Waals surface area contributed by atoms with Crippen LogP contribution >= 0.6 is 23.1 Å². The Hall–Kier alpha value is -6.11. The molecule has 5 heteroatoms. The van der Waals surface area contributed by atoms with Gasteiger partial charge in [-0.25, -0.2) is 0 Å². The maximum Gasteiger partial charge on any atom is 0.0998 e. The summed E-state index contributed by atoms with van der Waals surface area (Å²) >= 11 is 3.57. The predicted molar refractivity (Wildman–Crippen MR) is 209 cm³/mol. The molecule has 1 aliphatic heterocycles. The minimum atomic E-state index is 0.495. The number of fused-ring (bicyclic) bond motifs is 5. The Balaban J connectivity index is 1.52. The van der Waals surface area contributed by atoms with E-state index in [4.69, 9.17) is 0 Å². The number of aryl methyl sites for hydroxylation is 1. The van der Waals surface area contributed by atoms with Crippen LogP contribution in [0.5, 0.6) is 0 Å². The van der Waals surface area contributed by atoms with Crippen LogP contribution in [0.15, 0.2) is 155 Å². The van der Waals surface area contributed by atoms with Gasteiger partial charge in [-0.2, -0.15) is 10.5 Å². The summed E-state index contributed by atoms with van der Waals surface area (Å²) in [6.45, 7) is 1.94. The normalized spacial score (nSPS) is 11.9. The molecule has 0 fully saturated rings. The first kappa shape index (κ1) is 30.0. The van der Waals surface area contributed by atoms with Crippen molar-refractivity contribution in [1.29, 1.82) is 10.5 Å². The van der Waals surface area contributed by atoms with Crippen LogP contribution in [0.3, 0.4) is 0 Å². The quantitative estimate of drug-likeness (QED) is 0.187. The van der Waals surface area contributed by atoms with E-state index >= 15 is 0 Å². The van der Waals surface area contributed by atoms with Crippen molar-refractivity contribution in [3.63, 3.8) is 0 Å². The Bertz CT molecular complexity index is 2630. The fraction of sp³-hybridized carbons (Fsp3) is 0.0222. The molecule has 0 saturated carbocycles. The topological polar surface area (TPSA) is 50.8 Å². The van der Waals surface area contributed by atoms with Gasteiger partial charge >= 0.3 is 0 Å². The van der Waals surface area contributed by atoms with Crippen LogP contribution in [0, 0.1) is 29.6 Å². The van der Waals surface area contributed by atoms with Gasteiger partial charge in [-0.15, -0.1) is 11.3 Å². The van der Waals surface area contributed by atoms with Crippen molar-refractivity contribution in [2.24, 2.45) is 0 Å². The summed E-state index contributed by atoms with van der Waals surface area (Å²) in [6, 6.07) is 55.7. The van der Waals surface area contributed by atoms with Crippen LogP contribution in [0.25, 0.3) is 53.6 Å². The second-order valence-electron chi connectivity index (χ2n) is 12.4. The van der Waals surface area contributed by atoms with Gasteiger partial charge in [-0.05, 0) is 77.2 Å². The summed E-state index contributed by atoms with van der Waals surface area (Å²) < 4.78 is 2.28. The summed E-state index contributed by atoms with van der Waals surface area (Å²) in [4.78, 5) is 4.71. The Morgan fingerprint density at radius 1 is 0.520 bits per heavy atom. The second kappa shape index (κ2) is 12.1. The van der Waals surface area contributed by atoms with Crippen LogP contribution in [-0.4, -0.2) is 0 Å². The third-order valence-corrected chi connectivity index (χ3v) is 11.7. The number of anilines is 3. The molecule has 0 N–H and O–H groups in total. The van der Waals surface area contributed by atoms with Crippen LogP contribution < -0.4 is 4.90 Å². The lowest BCUT2D eigenvalue weighted by Gasteiger charge is -2.35. The highest BCUT2D eigenvalue weighted by Gasteiger charge is 2.31. The van der Waals surface area contributed by atoms with Crippen LogP contribution in [0.4, 0.5) is 17.1 Å². The van der Waals surface area contributed by atoms with Gasteiger partial charge in [0, 0.05) is 41.1 Å². The van der Waals surface area contributed by atoms with Crippen molar-refractivity contribution < 1.29 is 0 Å². The summed E-state index contributed by atoms with van der Waals surface area (Å²) in [5, 5.41) is 23.3. The molecule has 0 atom stereocenters. The van der Waals surface area contributed by atoms with E-state index in [0.717, 1.165) is 65.9 Å².